The molecule has 0 aliphatic carbocycles. The number of furan rings is 1. The van der Waals surface area contributed by atoms with Crippen molar-refractivity contribution in [3.05, 3.63) is 24.2 Å². The molecule has 0 N–H and O–H groups in total. The molecule has 5 heteroatoms. The normalized spacial score (nSPS) is 27.9. The van der Waals surface area contributed by atoms with E-state index in [2.05, 4.69) is 0 Å². The number of rotatable bonds is 3. The van der Waals surface area contributed by atoms with Crippen LogP contribution >= 0.6 is 0 Å². The lowest BCUT2D eigenvalue weighted by atomic mass is 9.93. The van der Waals surface area contributed by atoms with E-state index in [9.17, 15) is 4.79 Å². The Labute approximate surface area is 118 Å². The summed E-state index contributed by atoms with van der Waals surface area (Å²) in [7, 11) is 0. The highest BCUT2D eigenvalue weighted by Crippen LogP contribution is 2.29. The lowest BCUT2D eigenvalue weighted by molar-refractivity contribution is -0.147. The van der Waals surface area contributed by atoms with Crippen LogP contribution in [0.4, 0.5) is 4.39 Å². The summed E-state index contributed by atoms with van der Waals surface area (Å²) >= 11 is 0. The van der Waals surface area contributed by atoms with Crippen molar-refractivity contribution >= 4 is 5.91 Å². The first-order valence-corrected chi connectivity index (χ1v) is 7.39. The van der Waals surface area contributed by atoms with E-state index in [0.717, 1.165) is 31.4 Å². The van der Waals surface area contributed by atoms with Gasteiger partial charge in [0.05, 0.1) is 12.5 Å². The van der Waals surface area contributed by atoms with Gasteiger partial charge in [-0.3, -0.25) is 9.69 Å². The lowest BCUT2D eigenvalue weighted by Gasteiger charge is -2.38. The molecule has 0 spiro atoms. The van der Waals surface area contributed by atoms with Crippen molar-refractivity contribution in [2.75, 3.05) is 26.2 Å². The molecular weight excluding hydrogens is 259 g/mol. The van der Waals surface area contributed by atoms with Crippen molar-refractivity contribution < 1.29 is 13.6 Å². The van der Waals surface area contributed by atoms with Gasteiger partial charge in [-0.05, 0) is 38.3 Å². The Morgan fingerprint density at radius 3 is 2.80 bits per heavy atom. The van der Waals surface area contributed by atoms with Crippen LogP contribution in [0.2, 0.25) is 0 Å². The van der Waals surface area contributed by atoms with Crippen molar-refractivity contribution in [2.24, 2.45) is 0 Å². The first kappa shape index (κ1) is 13.6. The predicted octanol–water partition coefficient (Wildman–Crippen LogP) is 2.21. The molecule has 0 aromatic carbocycles. The van der Waals surface area contributed by atoms with Crippen LogP contribution in [0.25, 0.3) is 0 Å². The molecule has 1 aromatic rings. The molecule has 20 heavy (non-hydrogen) atoms. The fourth-order valence-electron chi connectivity index (χ4n) is 3.25. The van der Waals surface area contributed by atoms with Crippen LogP contribution in [0, 0.1) is 0 Å². The third-order valence-electron chi connectivity index (χ3n) is 4.28. The average molecular weight is 280 g/mol. The minimum atomic E-state index is -1.70. The van der Waals surface area contributed by atoms with Gasteiger partial charge in [-0.1, -0.05) is 0 Å². The van der Waals surface area contributed by atoms with Crippen LogP contribution in [0.1, 0.15) is 31.2 Å². The van der Waals surface area contributed by atoms with Crippen molar-refractivity contribution in [3.63, 3.8) is 0 Å². The monoisotopic (exact) mass is 280 g/mol. The summed E-state index contributed by atoms with van der Waals surface area (Å²) in [6.45, 7) is 3.12. The van der Waals surface area contributed by atoms with Gasteiger partial charge < -0.3 is 9.32 Å². The van der Waals surface area contributed by atoms with Gasteiger partial charge in [0.25, 0.3) is 5.91 Å². The molecule has 0 saturated carbocycles. The van der Waals surface area contributed by atoms with E-state index in [0.29, 0.717) is 26.1 Å². The molecule has 2 aliphatic rings. The summed E-state index contributed by atoms with van der Waals surface area (Å²) in [6, 6.07) is 1.89. The Balaban J connectivity index is 1.65. The Hall–Kier alpha value is -1.36. The maximum absolute atomic E-state index is 15.0. The highest BCUT2D eigenvalue weighted by Gasteiger charge is 2.45. The van der Waals surface area contributed by atoms with Gasteiger partial charge in [0.1, 0.15) is 0 Å². The largest absolute Gasteiger partial charge is 0.472 e. The van der Waals surface area contributed by atoms with Crippen LogP contribution < -0.4 is 0 Å². The zero-order valence-corrected chi connectivity index (χ0v) is 11.7. The molecular formula is C15H21FN2O2. The second-order valence-corrected chi connectivity index (χ2v) is 5.91. The molecule has 2 aliphatic heterocycles. The number of amides is 1. The minimum Gasteiger partial charge on any atom is -0.472 e. The van der Waals surface area contributed by atoms with Gasteiger partial charge >= 0.3 is 0 Å². The van der Waals surface area contributed by atoms with Crippen molar-refractivity contribution in [3.8, 4) is 0 Å². The van der Waals surface area contributed by atoms with E-state index in [1.54, 1.807) is 17.4 Å². The summed E-state index contributed by atoms with van der Waals surface area (Å²) in [6.07, 6.45) is 6.38. The smallest absolute Gasteiger partial charge is 0.261 e. The fourth-order valence-corrected chi connectivity index (χ4v) is 3.25. The van der Waals surface area contributed by atoms with Crippen molar-refractivity contribution in [1.82, 2.24) is 9.80 Å². The number of carbonyl (C=O) groups is 1. The molecule has 0 bridgehead atoms. The Morgan fingerprint density at radius 2 is 2.10 bits per heavy atom. The standard InChI is InChI=1S/C15H21FN2O2/c16-15(14(19)18-7-1-2-8-18)5-3-6-17(12-15)10-13-4-9-20-11-13/h4,9,11H,1-3,5-8,10,12H2. The van der Waals surface area contributed by atoms with Crippen LogP contribution in [0.3, 0.4) is 0 Å². The first-order chi connectivity index (χ1) is 9.67. The van der Waals surface area contributed by atoms with Crippen LogP contribution in [-0.4, -0.2) is 47.6 Å². The van der Waals surface area contributed by atoms with E-state index >= 15 is 4.39 Å². The Bertz CT molecular complexity index is 456. The van der Waals surface area contributed by atoms with E-state index in [1.807, 2.05) is 11.0 Å². The van der Waals surface area contributed by atoms with E-state index < -0.39 is 5.67 Å². The van der Waals surface area contributed by atoms with Gasteiger partial charge in [0.2, 0.25) is 5.67 Å². The first-order valence-electron chi connectivity index (χ1n) is 7.39. The summed E-state index contributed by atoms with van der Waals surface area (Å²) in [5.41, 5.74) is -0.672. The third kappa shape index (κ3) is 2.73. The van der Waals surface area contributed by atoms with Crippen LogP contribution in [0.5, 0.6) is 0 Å². The molecule has 1 aromatic heterocycles. The van der Waals surface area contributed by atoms with Crippen LogP contribution in [0.15, 0.2) is 23.0 Å². The molecule has 3 heterocycles. The summed E-state index contributed by atoms with van der Waals surface area (Å²) in [5, 5.41) is 0. The van der Waals surface area contributed by atoms with E-state index in [-0.39, 0.29) is 12.5 Å². The molecule has 2 fully saturated rings. The van der Waals surface area contributed by atoms with Gasteiger partial charge in [-0.2, -0.15) is 0 Å². The maximum Gasteiger partial charge on any atom is 0.261 e. The number of carbonyl (C=O) groups excluding carboxylic acids is 1. The van der Waals surface area contributed by atoms with Gasteiger partial charge in [0, 0.05) is 31.7 Å². The van der Waals surface area contributed by atoms with Crippen LogP contribution in [-0.2, 0) is 11.3 Å². The zero-order valence-electron chi connectivity index (χ0n) is 11.7. The van der Waals surface area contributed by atoms with Gasteiger partial charge in [-0.15, -0.1) is 0 Å². The number of hydrogen-bond donors (Lipinski definition) is 0. The second-order valence-electron chi connectivity index (χ2n) is 5.91. The molecule has 1 atom stereocenters. The SMILES string of the molecule is O=C(N1CCCC1)C1(F)CCCN(Cc2ccoc2)C1. The minimum absolute atomic E-state index is 0.202. The predicted molar refractivity (Wildman–Crippen MR) is 72.9 cm³/mol. The Morgan fingerprint density at radius 1 is 1.30 bits per heavy atom. The van der Waals surface area contributed by atoms with Gasteiger partial charge in [-0.25, -0.2) is 4.39 Å². The molecule has 2 saturated heterocycles. The molecule has 3 rings (SSSR count). The lowest BCUT2D eigenvalue weighted by Crippen LogP contribution is -2.54. The molecule has 110 valence electrons. The van der Waals surface area contributed by atoms with E-state index in [4.69, 9.17) is 4.42 Å². The summed E-state index contributed by atoms with van der Waals surface area (Å²) in [4.78, 5) is 16.1. The molecule has 4 nitrogen and oxygen atoms in total. The molecule has 0 radical (unpaired) electrons. The second kappa shape index (κ2) is 5.56. The maximum atomic E-state index is 15.0. The Kier molecular flexibility index (Phi) is 3.78. The highest BCUT2D eigenvalue weighted by molar-refractivity contribution is 5.85. The number of piperidine rings is 1. The van der Waals surface area contributed by atoms with Crippen molar-refractivity contribution in [1.29, 1.82) is 0 Å². The number of halogens is 1. The average Bonchev–Trinajstić information content (AvgIpc) is 3.10. The summed E-state index contributed by atoms with van der Waals surface area (Å²) < 4.78 is 20.1. The number of nitrogens with zero attached hydrogens (tertiary/aromatic N) is 2. The number of hydrogen-bond acceptors (Lipinski definition) is 3. The molecule has 1 unspecified atom stereocenters. The van der Waals surface area contributed by atoms with E-state index in [1.165, 1.54) is 0 Å². The van der Waals surface area contributed by atoms with Gasteiger partial charge in [0.15, 0.2) is 0 Å². The van der Waals surface area contributed by atoms with Crippen molar-refractivity contribution in [2.45, 2.75) is 37.9 Å². The summed E-state index contributed by atoms with van der Waals surface area (Å²) in [5.74, 6) is -0.299. The topological polar surface area (TPSA) is 36.7 Å². The number of likely N-dealkylation sites (tertiary alicyclic amines) is 2. The number of alkyl halides is 1. The molecule has 1 amide bonds. The fraction of sp³-hybridized carbons (Fsp3) is 0.667. The highest BCUT2D eigenvalue weighted by atomic mass is 19.1. The zero-order chi connectivity index (χ0) is 14.0. The quantitative estimate of drug-likeness (QED) is 0.851. The third-order valence-corrected chi connectivity index (χ3v) is 4.28.